The van der Waals surface area contributed by atoms with Crippen molar-refractivity contribution >= 4 is 28.1 Å². The van der Waals surface area contributed by atoms with Gasteiger partial charge in [0.2, 0.25) is 0 Å². The van der Waals surface area contributed by atoms with Gasteiger partial charge < -0.3 is 20.1 Å². The number of carboxylic acid groups (broad SMARTS) is 1. The topological polar surface area (TPSA) is 61.8 Å². The Kier molecular flexibility index (Phi) is 5.95. The van der Waals surface area contributed by atoms with E-state index in [-0.39, 0.29) is 6.04 Å². The second kappa shape index (κ2) is 9.08. The number of rotatable bonds is 6. The van der Waals surface area contributed by atoms with Crippen LogP contribution in [-0.4, -0.2) is 29.8 Å². The lowest BCUT2D eigenvalue weighted by Crippen LogP contribution is -2.53. The molecule has 4 aromatic carbocycles. The number of hydrogen-bond acceptors (Lipinski definition) is 4. The Balaban J connectivity index is 1.43. The van der Waals surface area contributed by atoms with Gasteiger partial charge in [0.1, 0.15) is 11.4 Å². The Morgan fingerprint density at radius 1 is 1.06 bits per heavy atom. The molecule has 0 aromatic heterocycles. The summed E-state index contributed by atoms with van der Waals surface area (Å²) in [5.74, 6) is -0.127. The number of ether oxygens (including phenoxy) is 1. The molecule has 0 saturated heterocycles. The number of nitrogens with zero attached hydrogens (tertiary/aromatic N) is 1. The number of benzene rings is 4. The third kappa shape index (κ3) is 4.47. The van der Waals surface area contributed by atoms with Gasteiger partial charge in [-0.3, -0.25) is 0 Å². The minimum Gasteiger partial charge on any atom is -0.482 e. The number of aryl methyl sites for hydroxylation is 1. The van der Waals surface area contributed by atoms with Crippen molar-refractivity contribution in [1.82, 2.24) is 5.32 Å². The van der Waals surface area contributed by atoms with Crippen molar-refractivity contribution < 1.29 is 14.6 Å². The smallest absolute Gasteiger partial charge is 0.336 e. The zero-order valence-electron chi connectivity index (χ0n) is 20.3. The van der Waals surface area contributed by atoms with Crippen LogP contribution in [0.25, 0.3) is 10.8 Å². The lowest BCUT2D eigenvalue weighted by atomic mass is 9.97. The number of nitrogens with one attached hydrogen (secondary N) is 1. The van der Waals surface area contributed by atoms with Crippen molar-refractivity contribution in [2.24, 2.45) is 0 Å². The van der Waals surface area contributed by atoms with Gasteiger partial charge in [-0.25, -0.2) is 4.79 Å². The van der Waals surface area contributed by atoms with Gasteiger partial charge in [-0.2, -0.15) is 0 Å². The summed E-state index contributed by atoms with van der Waals surface area (Å²) < 4.78 is 6.53. The van der Waals surface area contributed by atoms with Gasteiger partial charge in [0.15, 0.2) is 0 Å². The van der Waals surface area contributed by atoms with Crippen LogP contribution in [0.5, 0.6) is 5.75 Å². The quantitative estimate of drug-likeness (QED) is 0.340. The fourth-order valence-corrected chi connectivity index (χ4v) is 4.92. The van der Waals surface area contributed by atoms with Crippen molar-refractivity contribution in [2.45, 2.75) is 32.4 Å². The summed E-state index contributed by atoms with van der Waals surface area (Å²) in [6.07, 6.45) is 0. The van der Waals surface area contributed by atoms with E-state index < -0.39 is 11.6 Å². The summed E-state index contributed by atoms with van der Waals surface area (Å²) in [7, 11) is 0. The van der Waals surface area contributed by atoms with Crippen LogP contribution in [0.3, 0.4) is 0 Å². The van der Waals surface area contributed by atoms with Crippen molar-refractivity contribution in [3.63, 3.8) is 0 Å². The van der Waals surface area contributed by atoms with E-state index in [4.69, 9.17) is 4.74 Å². The van der Waals surface area contributed by atoms with Crippen LogP contribution in [0.15, 0.2) is 84.9 Å². The number of carbonyl (C=O) groups is 1. The minimum atomic E-state index is -0.917. The molecule has 178 valence electrons. The van der Waals surface area contributed by atoms with Crippen molar-refractivity contribution in [2.75, 3.05) is 18.0 Å². The largest absolute Gasteiger partial charge is 0.482 e. The molecule has 0 saturated carbocycles. The Labute approximate surface area is 206 Å². The molecule has 1 aliphatic heterocycles. The lowest BCUT2D eigenvalue weighted by molar-refractivity contribution is 0.0696. The molecule has 1 heterocycles. The van der Waals surface area contributed by atoms with E-state index in [1.165, 1.54) is 16.3 Å². The minimum absolute atomic E-state index is 0.130. The lowest BCUT2D eigenvalue weighted by Gasteiger charge is -2.43. The molecule has 4 aromatic rings. The highest BCUT2D eigenvalue weighted by Crippen LogP contribution is 2.41. The summed E-state index contributed by atoms with van der Waals surface area (Å²) in [6.45, 7) is 7.31. The van der Waals surface area contributed by atoms with E-state index in [2.05, 4.69) is 66.5 Å². The number of hydrogen-bond donors (Lipinski definition) is 2. The SMILES string of the molecule is Cc1ccc(N2CC(C)(CN[C@H](C)c3cccc4ccccc34)Oc3ccccc32)cc1C(=O)O. The highest BCUT2D eigenvalue weighted by atomic mass is 16.5. The predicted molar refractivity (Wildman–Crippen MR) is 141 cm³/mol. The number of anilines is 2. The van der Waals surface area contributed by atoms with Crippen LogP contribution in [0.2, 0.25) is 0 Å². The van der Waals surface area contributed by atoms with Gasteiger partial charge in [-0.05, 0) is 66.9 Å². The van der Waals surface area contributed by atoms with Gasteiger partial charge in [-0.15, -0.1) is 0 Å². The van der Waals surface area contributed by atoms with Crippen LogP contribution < -0.4 is 15.0 Å². The molecule has 1 unspecified atom stereocenters. The first-order valence-corrected chi connectivity index (χ1v) is 12.0. The molecular formula is C30H30N2O3. The summed E-state index contributed by atoms with van der Waals surface area (Å²) in [6, 6.07) is 28.5. The van der Waals surface area contributed by atoms with E-state index in [1.807, 2.05) is 43.3 Å². The number of carboxylic acids is 1. The van der Waals surface area contributed by atoms with Crippen LogP contribution in [-0.2, 0) is 0 Å². The molecule has 0 radical (unpaired) electrons. The van der Waals surface area contributed by atoms with Crippen molar-refractivity contribution in [1.29, 1.82) is 0 Å². The maximum absolute atomic E-state index is 11.8. The molecule has 2 N–H and O–H groups in total. The van der Waals surface area contributed by atoms with Crippen molar-refractivity contribution in [3.8, 4) is 5.75 Å². The highest BCUT2D eigenvalue weighted by Gasteiger charge is 2.37. The zero-order valence-corrected chi connectivity index (χ0v) is 20.3. The molecule has 5 rings (SSSR count). The highest BCUT2D eigenvalue weighted by molar-refractivity contribution is 5.91. The summed E-state index contributed by atoms with van der Waals surface area (Å²) in [4.78, 5) is 13.9. The van der Waals surface area contributed by atoms with E-state index in [1.54, 1.807) is 6.07 Å². The van der Waals surface area contributed by atoms with E-state index in [0.29, 0.717) is 18.7 Å². The average molecular weight is 467 g/mol. The molecular weight excluding hydrogens is 436 g/mol. The molecule has 0 bridgehead atoms. The molecule has 0 aliphatic carbocycles. The van der Waals surface area contributed by atoms with Crippen LogP contribution in [0.1, 0.15) is 41.4 Å². The first-order valence-electron chi connectivity index (χ1n) is 12.0. The van der Waals surface area contributed by atoms with E-state index in [9.17, 15) is 9.90 Å². The summed E-state index contributed by atoms with van der Waals surface area (Å²) in [5.41, 5.74) is 3.57. The summed E-state index contributed by atoms with van der Waals surface area (Å²) >= 11 is 0. The Morgan fingerprint density at radius 3 is 2.63 bits per heavy atom. The average Bonchev–Trinajstić information content (AvgIpc) is 2.86. The fraction of sp³-hybridized carbons (Fsp3) is 0.233. The van der Waals surface area contributed by atoms with E-state index in [0.717, 1.165) is 22.7 Å². The molecule has 35 heavy (non-hydrogen) atoms. The van der Waals surface area contributed by atoms with Crippen molar-refractivity contribution in [3.05, 3.63) is 102 Å². The summed E-state index contributed by atoms with van der Waals surface area (Å²) in [5, 5.41) is 15.8. The molecule has 0 fully saturated rings. The Morgan fingerprint density at radius 2 is 1.80 bits per heavy atom. The van der Waals surface area contributed by atoms with Gasteiger partial charge in [0.25, 0.3) is 0 Å². The third-order valence-corrected chi connectivity index (χ3v) is 6.84. The second-order valence-corrected chi connectivity index (χ2v) is 9.58. The normalized spacial score (nSPS) is 18.1. The van der Waals surface area contributed by atoms with Crippen LogP contribution >= 0.6 is 0 Å². The maximum atomic E-state index is 11.8. The molecule has 0 spiro atoms. The second-order valence-electron chi connectivity index (χ2n) is 9.58. The molecule has 5 nitrogen and oxygen atoms in total. The zero-order chi connectivity index (χ0) is 24.6. The first-order chi connectivity index (χ1) is 16.8. The maximum Gasteiger partial charge on any atom is 0.336 e. The van der Waals surface area contributed by atoms with Gasteiger partial charge >= 0.3 is 5.97 Å². The van der Waals surface area contributed by atoms with Crippen LogP contribution in [0.4, 0.5) is 11.4 Å². The number of para-hydroxylation sites is 2. The molecule has 2 atom stereocenters. The number of aromatic carboxylic acids is 1. The fourth-order valence-electron chi connectivity index (χ4n) is 4.92. The van der Waals surface area contributed by atoms with E-state index >= 15 is 0 Å². The molecule has 5 heteroatoms. The standard InChI is InChI=1S/C30H30N2O3/c1-20-15-16-23(17-26(20)29(33)34)32-19-30(3,35-28-14-7-6-13-27(28)32)18-31-21(2)24-12-8-10-22-9-4-5-11-25(22)24/h4-17,21,31H,18-19H2,1-3H3,(H,33,34)/t21-,30?/m1/s1. The van der Waals surface area contributed by atoms with Gasteiger partial charge in [0.05, 0.1) is 17.8 Å². The van der Waals surface area contributed by atoms with Gasteiger partial charge in [0, 0.05) is 18.3 Å². The molecule has 1 aliphatic rings. The number of fused-ring (bicyclic) bond motifs is 2. The molecule has 0 amide bonds. The first kappa shape index (κ1) is 22.9. The van der Waals surface area contributed by atoms with Gasteiger partial charge in [-0.1, -0.05) is 60.7 Å². The van der Waals surface area contributed by atoms with Crippen LogP contribution in [0, 0.1) is 6.92 Å². The Hall–Kier alpha value is -3.83. The Bertz CT molecular complexity index is 1390. The third-order valence-electron chi connectivity index (χ3n) is 6.84. The predicted octanol–water partition coefficient (Wildman–Crippen LogP) is 6.49. The monoisotopic (exact) mass is 466 g/mol.